The zero-order valence-corrected chi connectivity index (χ0v) is 14.7. The number of aryl methyl sites for hydroxylation is 1. The summed E-state index contributed by atoms with van der Waals surface area (Å²) in [6, 6.07) is 15.1. The van der Waals surface area contributed by atoms with Crippen LogP contribution in [0.25, 0.3) is 0 Å². The van der Waals surface area contributed by atoms with Gasteiger partial charge in [-0.1, -0.05) is 12.1 Å². The van der Waals surface area contributed by atoms with Crippen LogP contribution in [0.3, 0.4) is 0 Å². The van der Waals surface area contributed by atoms with Gasteiger partial charge in [0.05, 0.1) is 12.2 Å². The lowest BCUT2D eigenvalue weighted by molar-refractivity contribution is -0.114. The first-order valence-corrected chi connectivity index (χ1v) is 8.22. The first-order valence-electron chi connectivity index (χ1n) is 8.22. The van der Waals surface area contributed by atoms with Gasteiger partial charge in [0.2, 0.25) is 5.91 Å². The number of nitrogens with zero attached hydrogens (tertiary/aromatic N) is 3. The Hall–Kier alpha value is -3.48. The molecule has 0 aliphatic heterocycles. The van der Waals surface area contributed by atoms with Crippen LogP contribution in [0.4, 0.5) is 23.0 Å². The quantitative estimate of drug-likeness (QED) is 0.631. The van der Waals surface area contributed by atoms with Crippen LogP contribution in [0, 0.1) is 6.92 Å². The monoisotopic (exact) mass is 348 g/mol. The molecule has 132 valence electrons. The van der Waals surface area contributed by atoms with Gasteiger partial charge < -0.3 is 16.0 Å². The molecular weight excluding hydrogens is 328 g/mol. The molecule has 3 N–H and O–H groups in total. The van der Waals surface area contributed by atoms with E-state index in [-0.39, 0.29) is 5.91 Å². The number of hydrogen-bond donors (Lipinski definition) is 3. The summed E-state index contributed by atoms with van der Waals surface area (Å²) >= 11 is 0. The van der Waals surface area contributed by atoms with Gasteiger partial charge in [0.1, 0.15) is 17.5 Å². The summed E-state index contributed by atoms with van der Waals surface area (Å²) in [5.74, 6) is 1.92. The Labute approximate surface area is 151 Å². The molecule has 0 unspecified atom stereocenters. The highest BCUT2D eigenvalue weighted by Gasteiger charge is 2.04. The number of aromatic nitrogens is 3. The predicted molar refractivity (Wildman–Crippen MR) is 102 cm³/mol. The molecule has 0 fully saturated rings. The second-order valence-electron chi connectivity index (χ2n) is 5.75. The third-order valence-electron chi connectivity index (χ3n) is 3.47. The van der Waals surface area contributed by atoms with E-state index in [4.69, 9.17) is 0 Å². The lowest BCUT2D eigenvalue weighted by Gasteiger charge is -2.11. The first kappa shape index (κ1) is 17.3. The van der Waals surface area contributed by atoms with Crippen molar-refractivity contribution >= 4 is 28.9 Å². The van der Waals surface area contributed by atoms with Gasteiger partial charge in [0.15, 0.2) is 0 Å². The zero-order chi connectivity index (χ0) is 18.4. The van der Waals surface area contributed by atoms with E-state index < -0.39 is 0 Å². The number of anilines is 4. The van der Waals surface area contributed by atoms with E-state index in [1.54, 1.807) is 6.20 Å². The molecule has 7 nitrogen and oxygen atoms in total. The topological polar surface area (TPSA) is 91.8 Å². The van der Waals surface area contributed by atoms with E-state index in [1.807, 2.05) is 55.5 Å². The molecule has 3 rings (SSSR count). The molecule has 0 saturated heterocycles. The van der Waals surface area contributed by atoms with Crippen LogP contribution in [0.1, 0.15) is 18.4 Å². The van der Waals surface area contributed by atoms with E-state index in [0.29, 0.717) is 24.0 Å². The van der Waals surface area contributed by atoms with Gasteiger partial charge in [0, 0.05) is 30.6 Å². The van der Waals surface area contributed by atoms with Crippen LogP contribution >= 0.6 is 0 Å². The molecule has 1 aromatic carbocycles. The second-order valence-corrected chi connectivity index (χ2v) is 5.75. The predicted octanol–water partition coefficient (Wildman–Crippen LogP) is 3.49. The molecule has 0 bridgehead atoms. The van der Waals surface area contributed by atoms with Crippen LogP contribution in [-0.2, 0) is 11.3 Å². The molecule has 0 spiro atoms. The normalized spacial score (nSPS) is 10.2. The van der Waals surface area contributed by atoms with E-state index in [0.717, 1.165) is 17.1 Å². The van der Waals surface area contributed by atoms with Crippen molar-refractivity contribution in [2.75, 3.05) is 16.0 Å². The number of hydrogen-bond acceptors (Lipinski definition) is 6. The Morgan fingerprint density at radius 3 is 2.58 bits per heavy atom. The minimum absolute atomic E-state index is 0.110. The molecule has 26 heavy (non-hydrogen) atoms. The molecule has 2 aromatic heterocycles. The van der Waals surface area contributed by atoms with Gasteiger partial charge in [-0.05, 0) is 37.3 Å². The maximum atomic E-state index is 11.2. The van der Waals surface area contributed by atoms with Crippen LogP contribution in [0.5, 0.6) is 0 Å². The third kappa shape index (κ3) is 5.01. The van der Waals surface area contributed by atoms with Crippen LogP contribution in [-0.4, -0.2) is 20.9 Å². The number of carbonyl (C=O) groups is 1. The number of carbonyl (C=O) groups excluding carboxylic acids is 1. The SMILES string of the molecule is CC(=O)Nc1cccc(Nc2cc(NCc3ccccn3)nc(C)n2)c1. The van der Waals surface area contributed by atoms with Gasteiger partial charge >= 0.3 is 0 Å². The number of amides is 1. The number of pyridine rings is 1. The largest absolute Gasteiger partial charge is 0.364 e. The highest BCUT2D eigenvalue weighted by atomic mass is 16.1. The fraction of sp³-hybridized carbons (Fsp3) is 0.158. The number of rotatable bonds is 6. The minimum Gasteiger partial charge on any atom is -0.364 e. The van der Waals surface area contributed by atoms with Crippen molar-refractivity contribution in [1.29, 1.82) is 0 Å². The van der Waals surface area contributed by atoms with Crippen LogP contribution in [0.2, 0.25) is 0 Å². The zero-order valence-electron chi connectivity index (χ0n) is 14.7. The smallest absolute Gasteiger partial charge is 0.221 e. The van der Waals surface area contributed by atoms with Crippen molar-refractivity contribution in [2.24, 2.45) is 0 Å². The average molecular weight is 348 g/mol. The Balaban J connectivity index is 1.72. The van der Waals surface area contributed by atoms with Gasteiger partial charge in [-0.3, -0.25) is 9.78 Å². The highest BCUT2D eigenvalue weighted by Crippen LogP contribution is 2.21. The molecule has 0 atom stereocenters. The van der Waals surface area contributed by atoms with Gasteiger partial charge in [0.25, 0.3) is 0 Å². The van der Waals surface area contributed by atoms with Crippen molar-refractivity contribution in [2.45, 2.75) is 20.4 Å². The molecule has 3 aromatic rings. The fourth-order valence-corrected chi connectivity index (χ4v) is 2.43. The molecular formula is C19H20N6O. The Morgan fingerprint density at radius 1 is 1.00 bits per heavy atom. The molecule has 2 heterocycles. The summed E-state index contributed by atoms with van der Waals surface area (Å²) in [5, 5.41) is 9.25. The lowest BCUT2D eigenvalue weighted by atomic mass is 10.2. The number of benzene rings is 1. The minimum atomic E-state index is -0.110. The van der Waals surface area contributed by atoms with Crippen molar-refractivity contribution in [3.63, 3.8) is 0 Å². The van der Waals surface area contributed by atoms with Crippen molar-refractivity contribution in [3.05, 3.63) is 66.2 Å². The Bertz CT molecular complexity index is 898. The fourth-order valence-electron chi connectivity index (χ4n) is 2.43. The van der Waals surface area contributed by atoms with Gasteiger partial charge in [-0.15, -0.1) is 0 Å². The molecule has 1 amide bonds. The van der Waals surface area contributed by atoms with Gasteiger partial charge in [-0.2, -0.15) is 0 Å². The van der Waals surface area contributed by atoms with E-state index in [1.165, 1.54) is 6.92 Å². The molecule has 0 aliphatic rings. The van der Waals surface area contributed by atoms with Crippen molar-refractivity contribution < 1.29 is 4.79 Å². The summed E-state index contributed by atoms with van der Waals surface area (Å²) < 4.78 is 0. The molecule has 0 saturated carbocycles. The molecule has 0 radical (unpaired) electrons. The summed E-state index contributed by atoms with van der Waals surface area (Å²) in [5.41, 5.74) is 2.48. The second kappa shape index (κ2) is 8.06. The maximum absolute atomic E-state index is 11.2. The summed E-state index contributed by atoms with van der Waals surface area (Å²) in [7, 11) is 0. The van der Waals surface area contributed by atoms with Gasteiger partial charge in [-0.25, -0.2) is 9.97 Å². The van der Waals surface area contributed by atoms with Crippen molar-refractivity contribution in [3.8, 4) is 0 Å². The third-order valence-corrected chi connectivity index (χ3v) is 3.47. The van der Waals surface area contributed by atoms with E-state index in [9.17, 15) is 4.79 Å². The Morgan fingerprint density at radius 2 is 1.81 bits per heavy atom. The van der Waals surface area contributed by atoms with Crippen LogP contribution < -0.4 is 16.0 Å². The van der Waals surface area contributed by atoms with Crippen molar-refractivity contribution in [1.82, 2.24) is 15.0 Å². The lowest BCUT2D eigenvalue weighted by Crippen LogP contribution is -2.07. The summed E-state index contributed by atoms with van der Waals surface area (Å²) in [6.45, 7) is 3.90. The maximum Gasteiger partial charge on any atom is 0.221 e. The standard InChI is InChI=1S/C19H20N6O/c1-13-22-18(21-12-17-6-3-4-9-20-17)11-19(23-13)25-16-8-5-7-15(10-16)24-14(2)26/h3-11H,12H2,1-2H3,(H,24,26)(H2,21,22,23,25). The molecule has 0 aliphatic carbocycles. The molecule has 7 heteroatoms. The number of nitrogens with one attached hydrogen (secondary N) is 3. The van der Waals surface area contributed by atoms with E-state index >= 15 is 0 Å². The first-order chi connectivity index (χ1) is 12.6. The van der Waals surface area contributed by atoms with Crippen LogP contribution in [0.15, 0.2) is 54.7 Å². The average Bonchev–Trinajstić information content (AvgIpc) is 2.60. The Kier molecular flexibility index (Phi) is 5.38. The summed E-state index contributed by atoms with van der Waals surface area (Å²) in [4.78, 5) is 24.3. The summed E-state index contributed by atoms with van der Waals surface area (Å²) in [6.07, 6.45) is 1.76. The highest BCUT2D eigenvalue weighted by molar-refractivity contribution is 5.89. The van der Waals surface area contributed by atoms with E-state index in [2.05, 4.69) is 30.9 Å².